The molecule has 1 aliphatic rings. The van der Waals surface area contributed by atoms with E-state index in [4.69, 9.17) is 0 Å². The Kier molecular flexibility index (Phi) is 2.81. The Morgan fingerprint density at radius 3 is 2.67 bits per heavy atom. The van der Waals surface area contributed by atoms with Gasteiger partial charge >= 0.3 is 0 Å². The minimum Gasteiger partial charge on any atom is -0.513 e. The van der Waals surface area contributed by atoms with Crippen molar-refractivity contribution in [2.75, 3.05) is 0 Å². The van der Waals surface area contributed by atoms with E-state index in [9.17, 15) is 5.11 Å². The number of aliphatic hydroxyl groups excluding tert-OH is 1. The van der Waals surface area contributed by atoms with E-state index in [0.29, 0.717) is 17.1 Å². The molecule has 1 heteroatoms. The molecule has 0 amide bonds. The van der Waals surface area contributed by atoms with Crippen LogP contribution in [0, 0.1) is 11.3 Å². The van der Waals surface area contributed by atoms with Crippen LogP contribution < -0.4 is 0 Å². The molecule has 0 heterocycles. The van der Waals surface area contributed by atoms with Gasteiger partial charge in [-0.15, -0.1) is 0 Å². The van der Waals surface area contributed by atoms with Gasteiger partial charge in [-0.1, -0.05) is 33.3 Å². The number of allylic oxidation sites excluding steroid dienone is 1. The number of aliphatic hydroxyl groups is 1. The van der Waals surface area contributed by atoms with Crippen molar-refractivity contribution in [1.82, 2.24) is 0 Å². The van der Waals surface area contributed by atoms with Gasteiger partial charge in [0.2, 0.25) is 0 Å². The highest BCUT2D eigenvalue weighted by molar-refractivity contribution is 4.93. The molecule has 0 bridgehead atoms. The van der Waals surface area contributed by atoms with Crippen LogP contribution in [0.1, 0.15) is 46.0 Å². The van der Waals surface area contributed by atoms with Crippen molar-refractivity contribution in [3.8, 4) is 0 Å². The Morgan fingerprint density at radius 1 is 1.42 bits per heavy atom. The Labute approximate surface area is 75.5 Å². The summed E-state index contributed by atoms with van der Waals surface area (Å²) in [5.41, 5.74) is 0.396. The molecule has 12 heavy (non-hydrogen) atoms. The van der Waals surface area contributed by atoms with Crippen molar-refractivity contribution in [2.24, 2.45) is 11.3 Å². The zero-order chi connectivity index (χ0) is 9.19. The van der Waals surface area contributed by atoms with E-state index >= 15 is 0 Å². The second-order valence-corrected chi connectivity index (χ2v) is 4.80. The normalized spacial score (nSPS) is 29.3. The fraction of sp³-hybridized carbons (Fsp3) is 0.818. The molecule has 1 atom stereocenters. The molecule has 70 valence electrons. The second-order valence-electron chi connectivity index (χ2n) is 4.80. The van der Waals surface area contributed by atoms with E-state index in [1.165, 1.54) is 19.3 Å². The maximum Gasteiger partial charge on any atom is 0.0882 e. The SMILES string of the molecule is C=C(O)C1CCCCC(C)(C)C1. The maximum absolute atomic E-state index is 9.34. The summed E-state index contributed by atoms with van der Waals surface area (Å²) in [6.45, 7) is 8.21. The Hall–Kier alpha value is -0.460. The minimum absolute atomic E-state index is 0.350. The van der Waals surface area contributed by atoms with Gasteiger partial charge in [-0.3, -0.25) is 0 Å². The van der Waals surface area contributed by atoms with Crippen LogP contribution in [0.2, 0.25) is 0 Å². The zero-order valence-electron chi connectivity index (χ0n) is 8.27. The molecule has 1 saturated carbocycles. The first-order valence-electron chi connectivity index (χ1n) is 4.89. The van der Waals surface area contributed by atoms with Gasteiger partial charge in [0.05, 0.1) is 5.76 Å². The Morgan fingerprint density at radius 2 is 2.08 bits per heavy atom. The van der Waals surface area contributed by atoms with Gasteiger partial charge in [-0.2, -0.15) is 0 Å². The lowest BCUT2D eigenvalue weighted by Gasteiger charge is -2.25. The summed E-state index contributed by atoms with van der Waals surface area (Å²) >= 11 is 0. The van der Waals surface area contributed by atoms with Crippen LogP contribution in [0.4, 0.5) is 0 Å². The molecule has 1 fully saturated rings. The van der Waals surface area contributed by atoms with E-state index in [1.54, 1.807) is 0 Å². The van der Waals surface area contributed by atoms with Gasteiger partial charge in [0.25, 0.3) is 0 Å². The average molecular weight is 168 g/mol. The summed E-state index contributed by atoms with van der Waals surface area (Å²) < 4.78 is 0. The van der Waals surface area contributed by atoms with Gasteiger partial charge in [-0.05, 0) is 24.7 Å². The summed E-state index contributed by atoms with van der Waals surface area (Å²) in [7, 11) is 0. The quantitative estimate of drug-likeness (QED) is 0.468. The van der Waals surface area contributed by atoms with Crippen molar-refractivity contribution in [3.63, 3.8) is 0 Å². The molecule has 1 aliphatic carbocycles. The molecule has 0 aromatic heterocycles. The molecule has 0 aromatic carbocycles. The summed E-state index contributed by atoms with van der Waals surface area (Å²) in [5, 5.41) is 9.34. The van der Waals surface area contributed by atoms with E-state index in [2.05, 4.69) is 20.4 Å². The van der Waals surface area contributed by atoms with Crippen molar-refractivity contribution >= 4 is 0 Å². The smallest absolute Gasteiger partial charge is 0.0882 e. The van der Waals surface area contributed by atoms with E-state index in [0.717, 1.165) is 12.8 Å². The van der Waals surface area contributed by atoms with Crippen molar-refractivity contribution in [2.45, 2.75) is 46.0 Å². The van der Waals surface area contributed by atoms with Crippen LogP contribution in [0.25, 0.3) is 0 Å². The third-order valence-electron chi connectivity index (χ3n) is 2.93. The highest BCUT2D eigenvalue weighted by Crippen LogP contribution is 2.38. The molecule has 1 unspecified atom stereocenters. The molecular formula is C11H20O. The fourth-order valence-electron chi connectivity index (χ4n) is 2.15. The number of hydrogen-bond acceptors (Lipinski definition) is 1. The van der Waals surface area contributed by atoms with Gasteiger partial charge in [-0.25, -0.2) is 0 Å². The number of hydrogen-bond donors (Lipinski definition) is 1. The Balaban J connectivity index is 2.60. The van der Waals surface area contributed by atoms with Gasteiger partial charge < -0.3 is 5.11 Å². The summed E-state index contributed by atoms with van der Waals surface area (Å²) in [6.07, 6.45) is 6.06. The maximum atomic E-state index is 9.34. The Bertz CT molecular complexity index is 170. The van der Waals surface area contributed by atoms with Crippen LogP contribution in [0.5, 0.6) is 0 Å². The molecule has 0 saturated heterocycles. The van der Waals surface area contributed by atoms with Gasteiger partial charge in [0.1, 0.15) is 0 Å². The highest BCUT2D eigenvalue weighted by atomic mass is 16.3. The summed E-state index contributed by atoms with van der Waals surface area (Å²) in [5.74, 6) is 0.743. The third-order valence-corrected chi connectivity index (χ3v) is 2.93. The molecule has 0 aromatic rings. The topological polar surface area (TPSA) is 20.2 Å². The molecule has 1 N–H and O–H groups in total. The monoisotopic (exact) mass is 168 g/mol. The zero-order valence-corrected chi connectivity index (χ0v) is 8.27. The summed E-state index contributed by atoms with van der Waals surface area (Å²) in [4.78, 5) is 0. The lowest BCUT2D eigenvalue weighted by molar-refractivity contribution is 0.237. The van der Waals surface area contributed by atoms with E-state index in [1.807, 2.05) is 0 Å². The molecule has 0 spiro atoms. The van der Waals surface area contributed by atoms with Crippen LogP contribution in [-0.2, 0) is 0 Å². The predicted octanol–water partition coefficient (Wildman–Crippen LogP) is 3.66. The van der Waals surface area contributed by atoms with Gasteiger partial charge in [0.15, 0.2) is 0 Å². The van der Waals surface area contributed by atoms with Crippen LogP contribution in [0.3, 0.4) is 0 Å². The predicted molar refractivity (Wildman–Crippen MR) is 52.1 cm³/mol. The van der Waals surface area contributed by atoms with Crippen LogP contribution >= 0.6 is 0 Å². The van der Waals surface area contributed by atoms with E-state index in [-0.39, 0.29) is 0 Å². The minimum atomic E-state index is 0.350. The molecule has 0 aliphatic heterocycles. The molecular weight excluding hydrogens is 148 g/mol. The number of rotatable bonds is 1. The second kappa shape index (κ2) is 3.51. The molecule has 1 nitrogen and oxygen atoms in total. The highest BCUT2D eigenvalue weighted by Gasteiger charge is 2.27. The first kappa shape index (κ1) is 9.63. The van der Waals surface area contributed by atoms with Crippen molar-refractivity contribution in [1.29, 1.82) is 0 Å². The van der Waals surface area contributed by atoms with Crippen LogP contribution in [0.15, 0.2) is 12.3 Å². The van der Waals surface area contributed by atoms with Crippen molar-refractivity contribution in [3.05, 3.63) is 12.3 Å². The summed E-state index contributed by atoms with van der Waals surface area (Å²) in [6, 6.07) is 0. The lowest BCUT2D eigenvalue weighted by Crippen LogP contribution is -2.15. The molecule has 0 radical (unpaired) electrons. The molecule has 1 rings (SSSR count). The standard InChI is InChI=1S/C11H20O/c1-9(12)10-6-4-5-7-11(2,3)8-10/h10,12H,1,4-8H2,2-3H3. The average Bonchev–Trinajstić information content (AvgIpc) is 2.10. The van der Waals surface area contributed by atoms with Gasteiger partial charge in [0, 0.05) is 5.92 Å². The first-order chi connectivity index (χ1) is 5.51. The van der Waals surface area contributed by atoms with Crippen LogP contribution in [-0.4, -0.2) is 5.11 Å². The first-order valence-corrected chi connectivity index (χ1v) is 4.89. The third kappa shape index (κ3) is 2.54. The largest absolute Gasteiger partial charge is 0.513 e. The lowest BCUT2D eigenvalue weighted by atomic mass is 9.81. The van der Waals surface area contributed by atoms with Crippen molar-refractivity contribution < 1.29 is 5.11 Å². The van der Waals surface area contributed by atoms with E-state index < -0.39 is 0 Å². The fourth-order valence-corrected chi connectivity index (χ4v) is 2.15.